The fraction of sp³-hybridized carbons (Fsp3) is 0.750. The maximum absolute atomic E-state index is 4.55. The van der Waals surface area contributed by atoms with E-state index >= 15 is 0 Å². The maximum atomic E-state index is 4.55. The zero-order valence-electron chi connectivity index (χ0n) is 10.6. The molecule has 1 aromatic rings. The molecular formula is C12H21N3S2. The number of nitrogens with one attached hydrogen (secondary N) is 1. The Morgan fingerprint density at radius 2 is 2.41 bits per heavy atom. The van der Waals surface area contributed by atoms with Crippen molar-refractivity contribution in [3.05, 3.63) is 11.9 Å². The predicted octanol–water partition coefficient (Wildman–Crippen LogP) is 2.86. The Labute approximate surface area is 112 Å². The van der Waals surface area contributed by atoms with E-state index in [9.17, 15) is 0 Å². The Hall–Kier alpha value is -0.290. The number of rotatable bonds is 5. The third-order valence-corrected chi connectivity index (χ3v) is 5.54. The Kier molecular flexibility index (Phi) is 5.10. The molecule has 0 aliphatic carbocycles. The molecule has 2 rings (SSSR count). The molecule has 5 heteroatoms. The Bertz CT molecular complexity index is 346. The van der Waals surface area contributed by atoms with Crippen molar-refractivity contribution in [3.63, 3.8) is 0 Å². The minimum atomic E-state index is 0.740. The molecule has 17 heavy (non-hydrogen) atoms. The third kappa shape index (κ3) is 3.85. The fourth-order valence-electron chi connectivity index (χ4n) is 1.93. The highest BCUT2D eigenvalue weighted by Gasteiger charge is 2.16. The summed E-state index contributed by atoms with van der Waals surface area (Å²) in [6, 6.07) is 0. The molecule has 1 aliphatic rings. The van der Waals surface area contributed by atoms with E-state index in [-0.39, 0.29) is 0 Å². The van der Waals surface area contributed by atoms with Crippen molar-refractivity contribution < 1.29 is 0 Å². The highest BCUT2D eigenvalue weighted by Crippen LogP contribution is 2.26. The number of nitrogens with zero attached hydrogens (tertiary/aromatic N) is 2. The summed E-state index contributed by atoms with van der Waals surface area (Å²) in [5.41, 5.74) is 1.11. The number of thioether (sulfide) groups is 2. The summed E-state index contributed by atoms with van der Waals surface area (Å²) < 4.78 is 2.29. The summed E-state index contributed by atoms with van der Waals surface area (Å²) in [5, 5.41) is 4.15. The average molecular weight is 271 g/mol. The molecule has 0 aromatic carbocycles. The SMILES string of the molecule is CCCNc1nc(C)cn1CC1CSCCS1. The molecule has 3 nitrogen and oxygen atoms in total. The van der Waals surface area contributed by atoms with Crippen molar-refractivity contribution in [2.24, 2.45) is 0 Å². The van der Waals surface area contributed by atoms with Crippen LogP contribution in [0.5, 0.6) is 0 Å². The van der Waals surface area contributed by atoms with Gasteiger partial charge in [-0.1, -0.05) is 6.92 Å². The quantitative estimate of drug-likeness (QED) is 0.892. The molecule has 0 saturated carbocycles. The van der Waals surface area contributed by atoms with Crippen molar-refractivity contribution >= 4 is 29.5 Å². The van der Waals surface area contributed by atoms with Gasteiger partial charge in [-0.25, -0.2) is 4.98 Å². The van der Waals surface area contributed by atoms with E-state index in [0.29, 0.717) is 0 Å². The second-order valence-corrected chi connectivity index (χ2v) is 6.91. The van der Waals surface area contributed by atoms with E-state index in [1.807, 2.05) is 0 Å². The molecule has 1 N–H and O–H groups in total. The molecule has 0 bridgehead atoms. The molecule has 1 fully saturated rings. The summed E-state index contributed by atoms with van der Waals surface area (Å²) in [4.78, 5) is 4.55. The maximum Gasteiger partial charge on any atom is 0.203 e. The van der Waals surface area contributed by atoms with Gasteiger partial charge in [-0.2, -0.15) is 23.5 Å². The normalized spacial score (nSPS) is 20.5. The van der Waals surface area contributed by atoms with Crippen LogP contribution in [0, 0.1) is 6.92 Å². The van der Waals surface area contributed by atoms with E-state index in [4.69, 9.17) is 0 Å². The molecule has 2 heterocycles. The summed E-state index contributed by atoms with van der Waals surface area (Å²) in [6.45, 7) is 6.34. The molecule has 1 saturated heterocycles. The molecule has 0 radical (unpaired) electrons. The standard InChI is InChI=1S/C12H21N3S2/c1-3-4-13-12-14-10(2)7-15(12)8-11-9-16-5-6-17-11/h7,11H,3-6,8-9H2,1-2H3,(H,13,14). The monoisotopic (exact) mass is 271 g/mol. The lowest BCUT2D eigenvalue weighted by Crippen LogP contribution is -2.21. The number of hydrogen-bond donors (Lipinski definition) is 1. The predicted molar refractivity (Wildman–Crippen MR) is 79.3 cm³/mol. The van der Waals surface area contributed by atoms with Gasteiger partial charge in [0.15, 0.2) is 0 Å². The highest BCUT2D eigenvalue weighted by atomic mass is 32.2. The van der Waals surface area contributed by atoms with Gasteiger partial charge < -0.3 is 9.88 Å². The van der Waals surface area contributed by atoms with Gasteiger partial charge in [0.1, 0.15) is 0 Å². The zero-order valence-corrected chi connectivity index (χ0v) is 12.2. The van der Waals surface area contributed by atoms with Gasteiger partial charge in [0, 0.05) is 41.8 Å². The summed E-state index contributed by atoms with van der Waals surface area (Å²) in [5.74, 6) is 4.92. The molecule has 0 amide bonds. The molecular weight excluding hydrogens is 250 g/mol. The first-order valence-corrected chi connectivity index (χ1v) is 8.47. The first kappa shape index (κ1) is 13.1. The van der Waals surface area contributed by atoms with Crippen molar-refractivity contribution in [2.75, 3.05) is 29.1 Å². The van der Waals surface area contributed by atoms with Gasteiger partial charge in [-0.15, -0.1) is 0 Å². The number of anilines is 1. The summed E-state index contributed by atoms with van der Waals surface area (Å²) in [6.07, 6.45) is 3.30. The highest BCUT2D eigenvalue weighted by molar-refractivity contribution is 8.06. The van der Waals surface area contributed by atoms with E-state index in [2.05, 4.69) is 58.4 Å². The minimum Gasteiger partial charge on any atom is -0.356 e. The second kappa shape index (κ2) is 6.59. The van der Waals surface area contributed by atoms with Crippen LogP contribution in [0.1, 0.15) is 19.0 Å². The molecule has 1 atom stereocenters. The van der Waals surface area contributed by atoms with Crippen LogP contribution in [-0.4, -0.2) is 38.6 Å². The summed E-state index contributed by atoms with van der Waals surface area (Å²) in [7, 11) is 0. The van der Waals surface area contributed by atoms with Crippen molar-refractivity contribution in [3.8, 4) is 0 Å². The van der Waals surface area contributed by atoms with Crippen molar-refractivity contribution in [1.29, 1.82) is 0 Å². The van der Waals surface area contributed by atoms with E-state index in [0.717, 1.165) is 36.4 Å². The zero-order chi connectivity index (χ0) is 12.1. The van der Waals surface area contributed by atoms with Crippen LogP contribution in [0.2, 0.25) is 0 Å². The van der Waals surface area contributed by atoms with E-state index < -0.39 is 0 Å². The van der Waals surface area contributed by atoms with Crippen molar-refractivity contribution in [2.45, 2.75) is 32.1 Å². The second-order valence-electron chi connectivity index (χ2n) is 4.35. The minimum absolute atomic E-state index is 0.740. The number of aromatic nitrogens is 2. The number of aryl methyl sites for hydroxylation is 1. The lowest BCUT2D eigenvalue weighted by molar-refractivity contribution is 0.696. The Morgan fingerprint density at radius 3 is 3.12 bits per heavy atom. The average Bonchev–Trinajstić information content (AvgIpc) is 2.68. The molecule has 1 aromatic heterocycles. The van der Waals surface area contributed by atoms with Crippen LogP contribution in [-0.2, 0) is 6.54 Å². The van der Waals surface area contributed by atoms with E-state index in [1.54, 1.807) is 0 Å². The van der Waals surface area contributed by atoms with Gasteiger partial charge in [0.05, 0.1) is 5.69 Å². The molecule has 0 spiro atoms. The van der Waals surface area contributed by atoms with Gasteiger partial charge in [0.25, 0.3) is 0 Å². The van der Waals surface area contributed by atoms with Crippen LogP contribution in [0.3, 0.4) is 0 Å². The van der Waals surface area contributed by atoms with Gasteiger partial charge in [-0.3, -0.25) is 0 Å². The first-order chi connectivity index (χ1) is 8.29. The van der Waals surface area contributed by atoms with E-state index in [1.165, 1.54) is 17.3 Å². The fourth-order valence-corrected chi connectivity index (χ4v) is 4.59. The smallest absolute Gasteiger partial charge is 0.203 e. The van der Waals surface area contributed by atoms with Crippen LogP contribution in [0.25, 0.3) is 0 Å². The topological polar surface area (TPSA) is 29.9 Å². The van der Waals surface area contributed by atoms with Crippen LogP contribution in [0.15, 0.2) is 6.20 Å². The molecule has 1 unspecified atom stereocenters. The lowest BCUT2D eigenvalue weighted by Gasteiger charge is -2.22. The van der Waals surface area contributed by atoms with Gasteiger partial charge in [0.2, 0.25) is 5.95 Å². The van der Waals surface area contributed by atoms with Crippen LogP contribution < -0.4 is 5.32 Å². The first-order valence-electron chi connectivity index (χ1n) is 6.26. The Morgan fingerprint density at radius 1 is 1.53 bits per heavy atom. The van der Waals surface area contributed by atoms with Crippen LogP contribution in [0.4, 0.5) is 5.95 Å². The number of hydrogen-bond acceptors (Lipinski definition) is 4. The lowest BCUT2D eigenvalue weighted by atomic mass is 10.4. The Balaban J connectivity index is 1.97. The third-order valence-electron chi connectivity index (χ3n) is 2.72. The van der Waals surface area contributed by atoms with Gasteiger partial charge in [-0.05, 0) is 13.3 Å². The summed E-state index contributed by atoms with van der Waals surface area (Å²) >= 11 is 4.18. The molecule has 96 valence electrons. The largest absolute Gasteiger partial charge is 0.356 e. The van der Waals surface area contributed by atoms with Crippen LogP contribution >= 0.6 is 23.5 Å². The van der Waals surface area contributed by atoms with Gasteiger partial charge >= 0.3 is 0 Å². The number of imidazole rings is 1. The molecule has 1 aliphatic heterocycles. The van der Waals surface area contributed by atoms with Crippen molar-refractivity contribution in [1.82, 2.24) is 9.55 Å².